The van der Waals surface area contributed by atoms with E-state index >= 15 is 0 Å². The summed E-state index contributed by atoms with van der Waals surface area (Å²) in [6, 6.07) is 8.63. The van der Waals surface area contributed by atoms with Crippen LogP contribution in [0.5, 0.6) is 11.5 Å². The minimum Gasteiger partial charge on any atom is -0.486 e. The SMILES string of the molecule is OC(c1ccc(Cl)c(Cl)c1)c1cc(Br)c2c(c1)OCCO2. The van der Waals surface area contributed by atoms with Crippen LogP contribution in [-0.4, -0.2) is 18.3 Å². The van der Waals surface area contributed by atoms with Crippen molar-refractivity contribution in [1.82, 2.24) is 0 Å². The van der Waals surface area contributed by atoms with Gasteiger partial charge in [-0.05, 0) is 51.3 Å². The van der Waals surface area contributed by atoms with Crippen molar-refractivity contribution >= 4 is 39.1 Å². The largest absolute Gasteiger partial charge is 0.486 e. The summed E-state index contributed by atoms with van der Waals surface area (Å²) in [7, 11) is 0. The minimum absolute atomic E-state index is 0.407. The fraction of sp³-hybridized carbons (Fsp3) is 0.200. The molecule has 3 nitrogen and oxygen atoms in total. The third-order valence-electron chi connectivity index (χ3n) is 3.19. The first-order chi connectivity index (χ1) is 10.1. The molecule has 0 spiro atoms. The van der Waals surface area contributed by atoms with E-state index < -0.39 is 6.10 Å². The number of aliphatic hydroxyl groups excluding tert-OH is 1. The van der Waals surface area contributed by atoms with Crippen LogP contribution in [0, 0.1) is 0 Å². The Kier molecular flexibility index (Phi) is 4.31. The molecule has 1 heterocycles. The Hall–Kier alpha value is -0.940. The third-order valence-corrected chi connectivity index (χ3v) is 4.52. The van der Waals surface area contributed by atoms with E-state index in [4.69, 9.17) is 32.7 Å². The van der Waals surface area contributed by atoms with Crippen LogP contribution in [0.1, 0.15) is 17.2 Å². The summed E-state index contributed by atoms with van der Waals surface area (Å²) in [5.74, 6) is 1.27. The molecule has 0 aromatic heterocycles. The van der Waals surface area contributed by atoms with E-state index in [0.29, 0.717) is 45.9 Å². The second-order valence-electron chi connectivity index (χ2n) is 4.60. The Labute approximate surface area is 140 Å². The van der Waals surface area contributed by atoms with Crippen molar-refractivity contribution in [3.8, 4) is 11.5 Å². The standard InChI is InChI=1S/C15H11BrCl2O3/c16-10-5-9(7-13-15(10)21-4-3-20-13)14(19)8-1-2-11(17)12(18)6-8/h1-2,5-7,14,19H,3-4H2. The third kappa shape index (κ3) is 2.99. The van der Waals surface area contributed by atoms with Crippen LogP contribution in [0.2, 0.25) is 10.0 Å². The van der Waals surface area contributed by atoms with Gasteiger partial charge >= 0.3 is 0 Å². The Morgan fingerprint density at radius 2 is 1.76 bits per heavy atom. The lowest BCUT2D eigenvalue weighted by atomic mass is 10.0. The normalized spacial score (nSPS) is 14.9. The number of rotatable bonds is 2. The van der Waals surface area contributed by atoms with Gasteiger partial charge in [-0.15, -0.1) is 0 Å². The number of ether oxygens (including phenoxy) is 2. The number of hydrogen-bond acceptors (Lipinski definition) is 3. The first-order valence-electron chi connectivity index (χ1n) is 6.28. The second kappa shape index (κ2) is 6.05. The molecule has 110 valence electrons. The number of fused-ring (bicyclic) bond motifs is 1. The van der Waals surface area contributed by atoms with Crippen LogP contribution in [0.15, 0.2) is 34.8 Å². The van der Waals surface area contributed by atoms with E-state index in [1.54, 1.807) is 30.3 Å². The molecule has 2 aromatic rings. The molecule has 1 N–H and O–H groups in total. The Morgan fingerprint density at radius 3 is 2.52 bits per heavy atom. The Morgan fingerprint density at radius 1 is 1.00 bits per heavy atom. The molecular weight excluding hydrogens is 379 g/mol. The van der Waals surface area contributed by atoms with E-state index in [9.17, 15) is 5.11 Å². The molecule has 1 aliphatic rings. The van der Waals surface area contributed by atoms with Gasteiger partial charge < -0.3 is 14.6 Å². The smallest absolute Gasteiger partial charge is 0.175 e. The average Bonchev–Trinajstić information content (AvgIpc) is 2.49. The van der Waals surface area contributed by atoms with Crippen LogP contribution >= 0.6 is 39.1 Å². The molecule has 2 aromatic carbocycles. The highest BCUT2D eigenvalue weighted by atomic mass is 79.9. The van der Waals surface area contributed by atoms with E-state index in [1.807, 2.05) is 0 Å². The fourth-order valence-electron chi connectivity index (χ4n) is 2.16. The zero-order valence-corrected chi connectivity index (χ0v) is 13.9. The molecular formula is C15H11BrCl2O3. The van der Waals surface area contributed by atoms with Gasteiger partial charge in [0.25, 0.3) is 0 Å². The zero-order valence-electron chi connectivity index (χ0n) is 10.8. The molecule has 21 heavy (non-hydrogen) atoms. The van der Waals surface area contributed by atoms with E-state index in [-0.39, 0.29) is 0 Å². The maximum atomic E-state index is 10.5. The average molecular weight is 390 g/mol. The van der Waals surface area contributed by atoms with Gasteiger partial charge in [0.15, 0.2) is 11.5 Å². The predicted molar refractivity (Wildman–Crippen MR) is 85.7 cm³/mol. The fourth-order valence-corrected chi connectivity index (χ4v) is 3.04. The molecule has 0 radical (unpaired) electrons. The zero-order chi connectivity index (χ0) is 15.0. The van der Waals surface area contributed by atoms with Crippen molar-refractivity contribution in [3.05, 3.63) is 56.0 Å². The van der Waals surface area contributed by atoms with Crippen LogP contribution in [0.25, 0.3) is 0 Å². The molecule has 0 bridgehead atoms. The molecule has 1 atom stereocenters. The first-order valence-corrected chi connectivity index (χ1v) is 7.83. The second-order valence-corrected chi connectivity index (χ2v) is 6.27. The molecule has 1 aliphatic heterocycles. The summed E-state index contributed by atoms with van der Waals surface area (Å²) in [6.45, 7) is 1.01. The lowest BCUT2D eigenvalue weighted by Gasteiger charge is -2.22. The van der Waals surface area contributed by atoms with Crippen molar-refractivity contribution in [2.45, 2.75) is 6.10 Å². The van der Waals surface area contributed by atoms with Crippen LogP contribution in [0.4, 0.5) is 0 Å². The number of aliphatic hydroxyl groups is 1. The van der Waals surface area contributed by atoms with Gasteiger partial charge in [0.05, 0.1) is 14.5 Å². The summed E-state index contributed by atoms with van der Waals surface area (Å²) in [5.41, 5.74) is 1.34. The van der Waals surface area contributed by atoms with E-state index in [2.05, 4.69) is 15.9 Å². The molecule has 1 unspecified atom stereocenters. The summed E-state index contributed by atoms with van der Waals surface area (Å²) in [5, 5.41) is 11.4. The summed E-state index contributed by atoms with van der Waals surface area (Å²) in [4.78, 5) is 0. The maximum absolute atomic E-state index is 10.5. The number of halogens is 3. The molecule has 0 aliphatic carbocycles. The van der Waals surface area contributed by atoms with Crippen molar-refractivity contribution in [3.63, 3.8) is 0 Å². The molecule has 0 saturated heterocycles. The van der Waals surface area contributed by atoms with Crippen molar-refractivity contribution in [2.24, 2.45) is 0 Å². The van der Waals surface area contributed by atoms with Gasteiger partial charge in [0.2, 0.25) is 0 Å². The highest BCUT2D eigenvalue weighted by Gasteiger charge is 2.20. The maximum Gasteiger partial charge on any atom is 0.175 e. The molecule has 0 saturated carbocycles. The van der Waals surface area contributed by atoms with Crippen molar-refractivity contribution in [2.75, 3.05) is 13.2 Å². The lowest BCUT2D eigenvalue weighted by molar-refractivity contribution is 0.168. The summed E-state index contributed by atoms with van der Waals surface area (Å²) >= 11 is 15.3. The van der Waals surface area contributed by atoms with Gasteiger partial charge in [-0.1, -0.05) is 29.3 Å². The van der Waals surface area contributed by atoms with E-state index in [0.717, 1.165) is 4.47 Å². The topological polar surface area (TPSA) is 38.7 Å². The van der Waals surface area contributed by atoms with Crippen LogP contribution < -0.4 is 9.47 Å². The number of benzene rings is 2. The highest BCUT2D eigenvalue weighted by molar-refractivity contribution is 9.10. The summed E-state index contributed by atoms with van der Waals surface area (Å²) < 4.78 is 11.8. The van der Waals surface area contributed by atoms with E-state index in [1.165, 1.54) is 0 Å². The van der Waals surface area contributed by atoms with Gasteiger partial charge in [-0.3, -0.25) is 0 Å². The quantitative estimate of drug-likeness (QED) is 0.815. The van der Waals surface area contributed by atoms with Gasteiger partial charge in [-0.25, -0.2) is 0 Å². The predicted octanol–water partition coefficient (Wildman–Crippen LogP) is 4.61. The van der Waals surface area contributed by atoms with Crippen molar-refractivity contribution < 1.29 is 14.6 Å². The lowest BCUT2D eigenvalue weighted by Crippen LogP contribution is -2.16. The summed E-state index contributed by atoms with van der Waals surface area (Å²) in [6.07, 6.45) is -0.827. The van der Waals surface area contributed by atoms with Gasteiger partial charge in [-0.2, -0.15) is 0 Å². The molecule has 0 amide bonds. The number of hydrogen-bond donors (Lipinski definition) is 1. The molecule has 0 fully saturated rings. The van der Waals surface area contributed by atoms with Gasteiger partial charge in [0.1, 0.15) is 19.3 Å². The highest BCUT2D eigenvalue weighted by Crippen LogP contribution is 2.41. The molecule has 3 rings (SSSR count). The van der Waals surface area contributed by atoms with Gasteiger partial charge in [0, 0.05) is 0 Å². The van der Waals surface area contributed by atoms with Crippen molar-refractivity contribution in [1.29, 1.82) is 0 Å². The Balaban J connectivity index is 1.99. The van der Waals surface area contributed by atoms with Crippen LogP contribution in [0.3, 0.4) is 0 Å². The van der Waals surface area contributed by atoms with Crippen LogP contribution in [-0.2, 0) is 0 Å². The first kappa shape index (κ1) is 15.0. The Bertz CT molecular complexity index is 691. The monoisotopic (exact) mass is 388 g/mol. The minimum atomic E-state index is -0.827. The molecule has 6 heteroatoms.